The summed E-state index contributed by atoms with van der Waals surface area (Å²) in [7, 11) is 0. The molecule has 1 saturated heterocycles. The third kappa shape index (κ3) is 3.93. The van der Waals surface area contributed by atoms with Gasteiger partial charge in [0.15, 0.2) is 5.82 Å². The third-order valence-corrected chi connectivity index (χ3v) is 5.32. The first-order valence-corrected chi connectivity index (χ1v) is 9.90. The molecule has 0 atom stereocenters. The zero-order chi connectivity index (χ0) is 19.3. The number of anilines is 1. The van der Waals surface area contributed by atoms with E-state index in [2.05, 4.69) is 31.1 Å². The first-order chi connectivity index (χ1) is 13.8. The van der Waals surface area contributed by atoms with Crippen LogP contribution in [0.2, 0.25) is 0 Å². The summed E-state index contributed by atoms with van der Waals surface area (Å²) < 4.78 is 5.99. The minimum Gasteiger partial charge on any atom is -0.429 e. The molecule has 3 heterocycles. The molecular formula is C19H19N7OS. The van der Waals surface area contributed by atoms with E-state index in [1.54, 1.807) is 30.6 Å². The SMILES string of the molecule is N#Cc1ccc(-c2ncc(CCN)cn2)c(Oc2nnc(N3CCCC3)s2)c1. The van der Waals surface area contributed by atoms with Gasteiger partial charge in [-0.05, 0) is 60.9 Å². The molecule has 1 aliphatic heterocycles. The molecule has 142 valence electrons. The van der Waals surface area contributed by atoms with Crippen LogP contribution in [0.4, 0.5) is 5.13 Å². The number of hydrogen-bond donors (Lipinski definition) is 1. The summed E-state index contributed by atoms with van der Waals surface area (Å²) in [5, 5.41) is 18.9. The number of rotatable bonds is 6. The molecule has 1 aromatic carbocycles. The Morgan fingerprint density at radius 1 is 1.18 bits per heavy atom. The highest BCUT2D eigenvalue weighted by molar-refractivity contribution is 7.17. The van der Waals surface area contributed by atoms with E-state index in [4.69, 9.17) is 10.5 Å². The van der Waals surface area contributed by atoms with Gasteiger partial charge < -0.3 is 15.4 Å². The molecule has 8 nitrogen and oxygen atoms in total. The second-order valence-electron chi connectivity index (χ2n) is 6.42. The Kier molecular flexibility index (Phi) is 5.41. The van der Waals surface area contributed by atoms with E-state index in [1.165, 1.54) is 24.2 Å². The van der Waals surface area contributed by atoms with Gasteiger partial charge >= 0.3 is 5.19 Å². The average molecular weight is 393 g/mol. The van der Waals surface area contributed by atoms with Crippen LogP contribution < -0.4 is 15.4 Å². The largest absolute Gasteiger partial charge is 0.429 e. The van der Waals surface area contributed by atoms with Crippen LogP contribution in [0, 0.1) is 11.3 Å². The fourth-order valence-electron chi connectivity index (χ4n) is 3.02. The molecule has 9 heteroatoms. The van der Waals surface area contributed by atoms with E-state index in [0.29, 0.717) is 34.4 Å². The minimum atomic E-state index is 0.429. The molecule has 2 aromatic heterocycles. The Hall–Kier alpha value is -3.09. The maximum atomic E-state index is 9.25. The van der Waals surface area contributed by atoms with Crippen molar-refractivity contribution >= 4 is 16.5 Å². The van der Waals surface area contributed by atoms with Crippen molar-refractivity contribution in [2.75, 3.05) is 24.5 Å². The average Bonchev–Trinajstić information content (AvgIpc) is 3.41. The van der Waals surface area contributed by atoms with Gasteiger partial charge in [-0.2, -0.15) is 5.26 Å². The standard InChI is InChI=1S/C19H19N7OS/c20-6-5-14-11-22-17(23-12-14)15-4-3-13(10-21)9-16(15)27-19-25-24-18(28-19)26-7-1-2-8-26/h3-4,9,11-12H,1-2,5-8,20H2. The molecule has 0 spiro atoms. The van der Waals surface area contributed by atoms with Crippen molar-refractivity contribution in [3.63, 3.8) is 0 Å². The lowest BCUT2D eigenvalue weighted by Gasteiger charge is -2.11. The highest BCUT2D eigenvalue weighted by Gasteiger charge is 2.19. The van der Waals surface area contributed by atoms with Crippen LogP contribution in [0.1, 0.15) is 24.0 Å². The van der Waals surface area contributed by atoms with Crippen LogP contribution in [0.25, 0.3) is 11.4 Å². The van der Waals surface area contributed by atoms with Crippen molar-refractivity contribution in [3.05, 3.63) is 41.7 Å². The second kappa shape index (κ2) is 8.29. The summed E-state index contributed by atoms with van der Waals surface area (Å²) in [6, 6.07) is 7.31. The van der Waals surface area contributed by atoms with Gasteiger partial charge in [-0.15, -0.1) is 5.10 Å². The van der Waals surface area contributed by atoms with Crippen molar-refractivity contribution in [1.82, 2.24) is 20.2 Å². The van der Waals surface area contributed by atoms with Gasteiger partial charge in [-0.25, -0.2) is 9.97 Å². The fourth-order valence-corrected chi connectivity index (χ4v) is 3.79. The van der Waals surface area contributed by atoms with Gasteiger partial charge in [-0.3, -0.25) is 0 Å². The lowest BCUT2D eigenvalue weighted by atomic mass is 10.1. The van der Waals surface area contributed by atoms with Crippen molar-refractivity contribution in [1.29, 1.82) is 5.26 Å². The summed E-state index contributed by atoms with van der Waals surface area (Å²) in [4.78, 5) is 11.1. The number of hydrogen-bond acceptors (Lipinski definition) is 9. The van der Waals surface area contributed by atoms with Crippen LogP contribution in [0.5, 0.6) is 10.9 Å². The van der Waals surface area contributed by atoms with Crippen molar-refractivity contribution in [2.45, 2.75) is 19.3 Å². The maximum Gasteiger partial charge on any atom is 0.301 e. The normalized spacial score (nSPS) is 13.5. The van der Waals surface area contributed by atoms with Gasteiger partial charge in [0.2, 0.25) is 5.13 Å². The van der Waals surface area contributed by atoms with Crippen LogP contribution in [0.15, 0.2) is 30.6 Å². The molecule has 2 N–H and O–H groups in total. The molecule has 0 aliphatic carbocycles. The first-order valence-electron chi connectivity index (χ1n) is 9.08. The van der Waals surface area contributed by atoms with Gasteiger partial charge in [0.1, 0.15) is 5.75 Å². The second-order valence-corrected chi connectivity index (χ2v) is 7.34. The van der Waals surface area contributed by atoms with Gasteiger partial charge in [-0.1, -0.05) is 5.10 Å². The molecule has 0 amide bonds. The van der Waals surface area contributed by atoms with E-state index in [0.717, 1.165) is 30.2 Å². The molecule has 4 rings (SSSR count). The summed E-state index contributed by atoms with van der Waals surface area (Å²) in [6.07, 6.45) is 6.57. The summed E-state index contributed by atoms with van der Waals surface area (Å²) in [6.45, 7) is 2.53. The molecule has 0 radical (unpaired) electrons. The van der Waals surface area contributed by atoms with Crippen molar-refractivity contribution in [3.8, 4) is 28.4 Å². The fraction of sp³-hybridized carbons (Fsp3) is 0.316. The zero-order valence-corrected chi connectivity index (χ0v) is 16.0. The predicted octanol–water partition coefficient (Wildman–Crippen LogP) is 2.76. The molecule has 0 bridgehead atoms. The summed E-state index contributed by atoms with van der Waals surface area (Å²) in [5.74, 6) is 0.999. The minimum absolute atomic E-state index is 0.429. The smallest absolute Gasteiger partial charge is 0.301 e. The van der Waals surface area contributed by atoms with E-state index in [1.807, 2.05) is 0 Å². The number of benzene rings is 1. The third-order valence-electron chi connectivity index (χ3n) is 4.46. The van der Waals surface area contributed by atoms with Gasteiger partial charge in [0.25, 0.3) is 0 Å². The quantitative estimate of drug-likeness (QED) is 0.680. The Labute approximate surface area is 166 Å². The molecule has 0 unspecified atom stereocenters. The lowest BCUT2D eigenvalue weighted by Crippen LogP contribution is -2.17. The summed E-state index contributed by atoms with van der Waals surface area (Å²) in [5.41, 5.74) is 7.73. The molecule has 1 aliphatic rings. The highest BCUT2D eigenvalue weighted by Crippen LogP contribution is 2.36. The highest BCUT2D eigenvalue weighted by atomic mass is 32.1. The molecule has 3 aromatic rings. The number of ether oxygens (including phenoxy) is 1. The van der Waals surface area contributed by atoms with Crippen LogP contribution in [0.3, 0.4) is 0 Å². The van der Waals surface area contributed by atoms with Gasteiger partial charge in [0, 0.05) is 25.5 Å². The van der Waals surface area contributed by atoms with E-state index in [9.17, 15) is 5.26 Å². The maximum absolute atomic E-state index is 9.25. The lowest BCUT2D eigenvalue weighted by molar-refractivity contribution is 0.474. The van der Waals surface area contributed by atoms with Gasteiger partial charge in [0.05, 0.1) is 17.2 Å². The molecule has 0 saturated carbocycles. The van der Waals surface area contributed by atoms with Crippen LogP contribution in [-0.2, 0) is 6.42 Å². The monoisotopic (exact) mass is 393 g/mol. The number of nitriles is 1. The first kappa shape index (κ1) is 18.3. The molecule has 1 fully saturated rings. The number of nitrogens with two attached hydrogens (primary N) is 1. The summed E-state index contributed by atoms with van der Waals surface area (Å²) >= 11 is 1.40. The van der Waals surface area contributed by atoms with E-state index in [-0.39, 0.29) is 0 Å². The van der Waals surface area contributed by atoms with E-state index < -0.39 is 0 Å². The van der Waals surface area contributed by atoms with Crippen LogP contribution >= 0.6 is 11.3 Å². The zero-order valence-electron chi connectivity index (χ0n) is 15.2. The molecule has 28 heavy (non-hydrogen) atoms. The Morgan fingerprint density at radius 3 is 2.68 bits per heavy atom. The van der Waals surface area contributed by atoms with Crippen molar-refractivity contribution in [2.24, 2.45) is 5.73 Å². The topological polar surface area (TPSA) is 114 Å². The Bertz CT molecular complexity index is 990. The van der Waals surface area contributed by atoms with E-state index >= 15 is 0 Å². The molecular weight excluding hydrogens is 374 g/mol. The Balaban J connectivity index is 1.63. The van der Waals surface area contributed by atoms with Crippen LogP contribution in [-0.4, -0.2) is 39.8 Å². The predicted molar refractivity (Wildman–Crippen MR) is 106 cm³/mol. The number of aromatic nitrogens is 4. The van der Waals surface area contributed by atoms with Crippen molar-refractivity contribution < 1.29 is 4.74 Å². The Morgan fingerprint density at radius 2 is 1.96 bits per heavy atom. The number of nitrogens with zero attached hydrogens (tertiary/aromatic N) is 6.